The Balaban J connectivity index is 0.982. The number of hydrogen-bond donors (Lipinski definition) is 3. The molecule has 2 fully saturated rings. The lowest BCUT2D eigenvalue weighted by molar-refractivity contribution is -0.134. The van der Waals surface area contributed by atoms with Crippen molar-refractivity contribution in [3.05, 3.63) is 53.7 Å². The molecule has 5 rings (SSSR count). The summed E-state index contributed by atoms with van der Waals surface area (Å²) in [5, 5.41) is 7.56. The van der Waals surface area contributed by atoms with Crippen LogP contribution in [0.3, 0.4) is 0 Å². The smallest absolute Gasteiger partial charge is 0.229 e. The highest BCUT2D eigenvalue weighted by atomic mass is 35.5. The molecular formula is C40H58ClN8O8P. The van der Waals surface area contributed by atoms with E-state index in [2.05, 4.69) is 36.5 Å². The molecule has 4 N–H and O–H groups in total. The van der Waals surface area contributed by atoms with Crippen molar-refractivity contribution in [1.29, 1.82) is 0 Å². The third-order valence-corrected chi connectivity index (χ3v) is 11.8. The van der Waals surface area contributed by atoms with Crippen molar-refractivity contribution >= 4 is 64.7 Å². The summed E-state index contributed by atoms with van der Waals surface area (Å²) in [6, 6.07) is 14.0. The number of ether oxygens (including phenoxy) is 5. The highest BCUT2D eigenvalue weighted by Crippen LogP contribution is 2.39. The fourth-order valence-corrected chi connectivity index (χ4v) is 8.16. The molecule has 318 valence electrons. The van der Waals surface area contributed by atoms with Crippen molar-refractivity contribution in [2.24, 2.45) is 5.73 Å². The number of piperidine rings is 1. The maximum absolute atomic E-state index is 12.9. The molecule has 3 heterocycles. The number of carbonyl (C=O) groups excluding carboxylic acids is 2. The molecule has 0 saturated carbocycles. The zero-order chi connectivity index (χ0) is 41.3. The fraction of sp³-hybridized carbons (Fsp3) is 0.550. The molecule has 0 bridgehead atoms. The number of benzene rings is 2. The van der Waals surface area contributed by atoms with Gasteiger partial charge in [0, 0.05) is 68.8 Å². The summed E-state index contributed by atoms with van der Waals surface area (Å²) in [6.45, 7) is 11.7. The summed E-state index contributed by atoms with van der Waals surface area (Å²) in [5.41, 5.74) is 7.53. The van der Waals surface area contributed by atoms with E-state index in [-0.39, 0.29) is 18.2 Å². The van der Waals surface area contributed by atoms with Gasteiger partial charge in [-0.15, -0.1) is 0 Å². The Morgan fingerprint density at radius 1 is 0.828 bits per heavy atom. The minimum Gasteiger partial charge on any atom is -0.494 e. The predicted molar refractivity (Wildman–Crippen MR) is 227 cm³/mol. The molecule has 1 aromatic heterocycles. The van der Waals surface area contributed by atoms with Crippen molar-refractivity contribution in [3.8, 4) is 5.75 Å². The number of aromatic nitrogens is 2. The normalized spacial score (nSPS) is 15.4. The zero-order valence-electron chi connectivity index (χ0n) is 33.8. The number of amides is 2. The Morgan fingerprint density at radius 3 is 2.07 bits per heavy atom. The van der Waals surface area contributed by atoms with Crippen molar-refractivity contribution < 1.29 is 37.8 Å². The Morgan fingerprint density at radius 2 is 1.45 bits per heavy atom. The molecule has 58 heavy (non-hydrogen) atoms. The number of nitrogens with zero attached hydrogens (tertiary/aromatic N) is 5. The van der Waals surface area contributed by atoms with Crippen LogP contribution in [0.1, 0.15) is 25.7 Å². The Kier molecular flexibility index (Phi) is 17.8. The first-order valence-electron chi connectivity index (χ1n) is 19.8. The van der Waals surface area contributed by atoms with Crippen molar-refractivity contribution in [3.63, 3.8) is 0 Å². The van der Waals surface area contributed by atoms with E-state index >= 15 is 0 Å². The Hall–Kier alpha value is -4.02. The standard InChI is InChI=1S/C40H58ClN8O8P/c1-53-35-28-31(8-9-33(35)45-40-43-29-32(41)39(46-40)44-34-6-4-5-7-36(34)58(2,3)52)47-14-10-30(11-15-47)48-16-18-49(19-17-48)38(51)13-21-55-23-25-57-27-26-56-24-22-54-20-12-37(42)50/h4-9,28-30H,10-27H2,1-3H3,(H2,42,50)(H2,43,44,45,46). The molecule has 0 spiro atoms. The van der Waals surface area contributed by atoms with Gasteiger partial charge in [0.2, 0.25) is 17.8 Å². The second kappa shape index (κ2) is 22.9. The number of methoxy groups -OCH3 is 1. The van der Waals surface area contributed by atoms with Crippen molar-refractivity contribution in [1.82, 2.24) is 19.8 Å². The first-order chi connectivity index (χ1) is 28.0. The van der Waals surface area contributed by atoms with Crippen LogP contribution in [0.5, 0.6) is 5.75 Å². The number of rotatable bonds is 23. The van der Waals surface area contributed by atoms with E-state index in [1.807, 2.05) is 41.3 Å². The van der Waals surface area contributed by atoms with Crippen LogP contribution in [0.4, 0.5) is 28.8 Å². The van der Waals surface area contributed by atoms with E-state index in [1.165, 1.54) is 6.20 Å². The maximum atomic E-state index is 12.9. The number of carbonyl (C=O) groups is 2. The van der Waals surface area contributed by atoms with Gasteiger partial charge in [0.1, 0.15) is 17.9 Å². The third kappa shape index (κ3) is 14.1. The maximum Gasteiger partial charge on any atom is 0.229 e. The summed E-state index contributed by atoms with van der Waals surface area (Å²) >= 11 is 6.47. The number of para-hydroxylation sites is 1. The number of nitrogens with one attached hydrogen (secondary N) is 2. The monoisotopic (exact) mass is 844 g/mol. The number of nitrogens with two attached hydrogens (primary N) is 1. The van der Waals surface area contributed by atoms with Gasteiger partial charge in [-0.1, -0.05) is 23.7 Å². The van der Waals surface area contributed by atoms with Crippen LogP contribution < -0.4 is 31.3 Å². The average molecular weight is 845 g/mol. The fourth-order valence-electron chi connectivity index (χ4n) is 6.87. The van der Waals surface area contributed by atoms with E-state index in [0.29, 0.717) is 105 Å². The van der Waals surface area contributed by atoms with Gasteiger partial charge < -0.3 is 54.4 Å². The molecule has 2 saturated heterocycles. The highest BCUT2D eigenvalue weighted by Gasteiger charge is 2.29. The molecule has 2 amide bonds. The highest BCUT2D eigenvalue weighted by molar-refractivity contribution is 7.70. The lowest BCUT2D eigenvalue weighted by atomic mass is 10.0. The molecule has 16 nitrogen and oxygen atoms in total. The van der Waals surface area contributed by atoms with Gasteiger partial charge in [0.25, 0.3) is 0 Å². The lowest BCUT2D eigenvalue weighted by Crippen LogP contribution is -2.54. The minimum atomic E-state index is -2.55. The summed E-state index contributed by atoms with van der Waals surface area (Å²) in [7, 11) is -0.906. The van der Waals surface area contributed by atoms with E-state index in [1.54, 1.807) is 20.4 Å². The van der Waals surface area contributed by atoms with Gasteiger partial charge in [-0.25, -0.2) is 4.98 Å². The molecule has 3 aromatic rings. The zero-order valence-corrected chi connectivity index (χ0v) is 35.5. The van der Waals surface area contributed by atoms with Crippen LogP contribution in [0.2, 0.25) is 5.02 Å². The Labute approximate surface area is 346 Å². The van der Waals surface area contributed by atoms with Gasteiger partial charge in [-0.2, -0.15) is 4.98 Å². The van der Waals surface area contributed by atoms with E-state index in [4.69, 9.17) is 41.0 Å². The Bertz CT molecular complexity index is 1820. The molecule has 2 aromatic carbocycles. The van der Waals surface area contributed by atoms with Gasteiger partial charge in [0.15, 0.2) is 5.82 Å². The lowest BCUT2D eigenvalue weighted by Gasteiger charge is -2.43. The molecule has 18 heteroatoms. The summed E-state index contributed by atoms with van der Waals surface area (Å²) in [4.78, 5) is 39.3. The minimum absolute atomic E-state index is 0.125. The molecule has 0 unspecified atom stereocenters. The van der Waals surface area contributed by atoms with Crippen LogP contribution in [0.15, 0.2) is 48.7 Å². The van der Waals surface area contributed by atoms with Gasteiger partial charge >= 0.3 is 0 Å². The van der Waals surface area contributed by atoms with Gasteiger partial charge in [-0.3, -0.25) is 14.5 Å². The van der Waals surface area contributed by atoms with Gasteiger partial charge in [-0.05, 0) is 50.4 Å². The molecule has 2 aliphatic rings. The van der Waals surface area contributed by atoms with E-state index in [9.17, 15) is 14.2 Å². The topological polar surface area (TPSA) is 183 Å². The molecule has 0 atom stereocenters. The molecule has 0 radical (unpaired) electrons. The number of halogens is 1. The second-order valence-electron chi connectivity index (χ2n) is 14.4. The van der Waals surface area contributed by atoms with Crippen LogP contribution in [-0.4, -0.2) is 150 Å². The quantitative estimate of drug-likeness (QED) is 0.0907. The summed E-state index contributed by atoms with van der Waals surface area (Å²) in [6.07, 6.45) is 4.16. The van der Waals surface area contributed by atoms with Crippen LogP contribution in [0, 0.1) is 0 Å². The summed E-state index contributed by atoms with van der Waals surface area (Å²) < 4.78 is 40.4. The van der Waals surface area contributed by atoms with E-state index in [0.717, 1.165) is 57.8 Å². The molecular weight excluding hydrogens is 787 g/mol. The number of piperazine rings is 1. The largest absolute Gasteiger partial charge is 0.494 e. The average Bonchev–Trinajstić information content (AvgIpc) is 3.22. The number of primary amides is 1. The number of hydrogen-bond acceptors (Lipinski definition) is 14. The first-order valence-corrected chi connectivity index (χ1v) is 22.7. The predicted octanol–water partition coefficient (Wildman–Crippen LogP) is 4.32. The second-order valence-corrected chi connectivity index (χ2v) is 18.0. The summed E-state index contributed by atoms with van der Waals surface area (Å²) in [5.74, 6) is 1.14. The molecule has 0 aliphatic carbocycles. The molecule has 2 aliphatic heterocycles. The SMILES string of the molecule is COc1cc(N2CCC(N3CCN(C(=O)CCOCCOCCOCCOCCC(N)=O)CC3)CC2)ccc1Nc1ncc(Cl)c(Nc2ccccc2P(C)(C)=O)n1. The van der Waals surface area contributed by atoms with Crippen LogP contribution in [0.25, 0.3) is 0 Å². The first kappa shape index (κ1) is 45.1. The van der Waals surface area contributed by atoms with Crippen molar-refractivity contribution in [2.45, 2.75) is 31.7 Å². The number of anilines is 5. The van der Waals surface area contributed by atoms with Crippen LogP contribution >= 0.6 is 18.7 Å². The van der Waals surface area contributed by atoms with Gasteiger partial charge in [0.05, 0.1) is 84.0 Å². The van der Waals surface area contributed by atoms with Crippen molar-refractivity contribution in [2.75, 3.05) is 128 Å². The third-order valence-electron chi connectivity index (χ3n) is 10.00. The van der Waals surface area contributed by atoms with E-state index < -0.39 is 7.14 Å². The van der Waals surface area contributed by atoms with Crippen LogP contribution in [-0.2, 0) is 33.1 Å².